The molecule has 3 aromatic rings. The van der Waals surface area contributed by atoms with E-state index in [9.17, 15) is 13.2 Å². The van der Waals surface area contributed by atoms with E-state index in [-0.39, 0.29) is 15.9 Å². The summed E-state index contributed by atoms with van der Waals surface area (Å²) in [7, 11) is -3.71. The molecular weight excluding hydrogens is 454 g/mol. The molecule has 0 spiro atoms. The first-order valence-corrected chi connectivity index (χ1v) is 12.2. The minimum Gasteiger partial charge on any atom is -0.332 e. The largest absolute Gasteiger partial charge is 0.332 e. The number of aryl methyl sites for hydroxylation is 1. The second-order valence-corrected chi connectivity index (χ2v) is 9.49. The fourth-order valence-electron chi connectivity index (χ4n) is 3.09. The Balaban J connectivity index is 1.62. The molecule has 3 aromatic carbocycles. The summed E-state index contributed by atoms with van der Waals surface area (Å²) in [6, 6.07) is 22.9. The standard InChI is InChI=1S/C25H25N3O3S2/c1-3-28(22-7-5-4-6-8-22)33(30,31)23-16-14-21(15-17-23)26-25(32)27-24(29)18-13-20-11-9-19(2)10-12-20/h4-18H,3H2,1-2H3,(H2,26,27,29,32). The summed E-state index contributed by atoms with van der Waals surface area (Å²) < 4.78 is 27.5. The highest BCUT2D eigenvalue weighted by atomic mass is 32.2. The van der Waals surface area contributed by atoms with Gasteiger partial charge in [-0.2, -0.15) is 0 Å². The topological polar surface area (TPSA) is 78.5 Å². The molecule has 0 aromatic heterocycles. The second kappa shape index (κ2) is 10.9. The van der Waals surface area contributed by atoms with Crippen LogP contribution < -0.4 is 14.9 Å². The number of carbonyl (C=O) groups excluding carboxylic acids is 1. The van der Waals surface area contributed by atoms with Crippen LogP contribution in [0.4, 0.5) is 11.4 Å². The van der Waals surface area contributed by atoms with Gasteiger partial charge in [0.15, 0.2) is 5.11 Å². The summed E-state index contributed by atoms with van der Waals surface area (Å²) in [5.41, 5.74) is 3.21. The number of anilines is 2. The molecule has 0 saturated carbocycles. The number of carbonyl (C=O) groups is 1. The summed E-state index contributed by atoms with van der Waals surface area (Å²) in [5, 5.41) is 5.58. The molecule has 0 fully saturated rings. The monoisotopic (exact) mass is 479 g/mol. The van der Waals surface area contributed by atoms with Crippen molar-refractivity contribution in [2.75, 3.05) is 16.2 Å². The molecule has 0 unspecified atom stereocenters. The third-order valence-electron chi connectivity index (χ3n) is 4.77. The Bertz CT molecular complexity index is 1240. The lowest BCUT2D eigenvalue weighted by atomic mass is 10.1. The van der Waals surface area contributed by atoms with Crippen molar-refractivity contribution in [2.24, 2.45) is 0 Å². The highest BCUT2D eigenvalue weighted by Gasteiger charge is 2.23. The summed E-state index contributed by atoms with van der Waals surface area (Å²) >= 11 is 5.19. The van der Waals surface area contributed by atoms with Gasteiger partial charge < -0.3 is 5.32 Å². The van der Waals surface area contributed by atoms with Crippen LogP contribution in [0.1, 0.15) is 18.1 Å². The number of hydrogen-bond donors (Lipinski definition) is 2. The molecule has 0 atom stereocenters. The Morgan fingerprint density at radius 1 is 0.970 bits per heavy atom. The molecule has 1 amide bonds. The number of nitrogens with zero attached hydrogens (tertiary/aromatic N) is 1. The van der Waals surface area contributed by atoms with E-state index in [1.807, 2.05) is 37.3 Å². The Morgan fingerprint density at radius 2 is 1.61 bits per heavy atom. The van der Waals surface area contributed by atoms with Gasteiger partial charge in [-0.15, -0.1) is 0 Å². The van der Waals surface area contributed by atoms with E-state index in [0.717, 1.165) is 11.1 Å². The van der Waals surface area contributed by atoms with E-state index in [0.29, 0.717) is 17.9 Å². The van der Waals surface area contributed by atoms with Crippen LogP contribution in [-0.2, 0) is 14.8 Å². The number of amides is 1. The van der Waals surface area contributed by atoms with Crippen molar-refractivity contribution in [1.29, 1.82) is 0 Å². The second-order valence-electron chi connectivity index (χ2n) is 7.22. The Morgan fingerprint density at radius 3 is 2.21 bits per heavy atom. The molecule has 2 N–H and O–H groups in total. The fourth-order valence-corrected chi connectivity index (χ4v) is 4.78. The zero-order valence-electron chi connectivity index (χ0n) is 18.4. The molecule has 0 radical (unpaired) electrons. The van der Waals surface area contributed by atoms with E-state index in [1.54, 1.807) is 49.4 Å². The first-order valence-electron chi connectivity index (χ1n) is 10.3. The molecule has 0 heterocycles. The number of benzene rings is 3. The van der Waals surface area contributed by atoms with Crippen molar-refractivity contribution in [1.82, 2.24) is 5.32 Å². The van der Waals surface area contributed by atoms with Crippen molar-refractivity contribution in [2.45, 2.75) is 18.7 Å². The van der Waals surface area contributed by atoms with Crippen molar-refractivity contribution >= 4 is 50.7 Å². The van der Waals surface area contributed by atoms with Crippen LogP contribution in [0.15, 0.2) is 89.8 Å². The van der Waals surface area contributed by atoms with Gasteiger partial charge in [-0.3, -0.25) is 14.4 Å². The van der Waals surface area contributed by atoms with Gasteiger partial charge in [0, 0.05) is 18.3 Å². The third-order valence-corrected chi connectivity index (χ3v) is 6.89. The summed E-state index contributed by atoms with van der Waals surface area (Å²) in [5.74, 6) is -0.367. The van der Waals surface area contributed by atoms with Crippen LogP contribution in [0, 0.1) is 6.92 Å². The van der Waals surface area contributed by atoms with Gasteiger partial charge in [0.05, 0.1) is 10.6 Å². The first-order chi connectivity index (χ1) is 15.8. The van der Waals surface area contributed by atoms with Crippen molar-refractivity contribution in [3.8, 4) is 0 Å². The normalized spacial score (nSPS) is 11.2. The molecule has 6 nitrogen and oxygen atoms in total. The Hall–Kier alpha value is -3.49. The van der Waals surface area contributed by atoms with Crippen LogP contribution in [-0.4, -0.2) is 26.0 Å². The molecule has 3 rings (SSSR count). The van der Waals surface area contributed by atoms with E-state index in [4.69, 9.17) is 12.2 Å². The van der Waals surface area contributed by atoms with Crippen molar-refractivity contribution in [3.63, 3.8) is 0 Å². The Labute approximate surface area is 200 Å². The average Bonchev–Trinajstić information content (AvgIpc) is 2.80. The van der Waals surface area contributed by atoms with Crippen LogP contribution in [0.5, 0.6) is 0 Å². The zero-order chi connectivity index (χ0) is 23.8. The summed E-state index contributed by atoms with van der Waals surface area (Å²) in [6.45, 7) is 4.09. The fraction of sp³-hybridized carbons (Fsp3) is 0.120. The number of para-hydroxylation sites is 1. The molecule has 8 heteroatoms. The van der Waals surface area contributed by atoms with E-state index in [1.165, 1.54) is 22.5 Å². The molecule has 33 heavy (non-hydrogen) atoms. The average molecular weight is 480 g/mol. The van der Waals surface area contributed by atoms with Gasteiger partial charge in [-0.1, -0.05) is 48.0 Å². The maximum Gasteiger partial charge on any atom is 0.264 e. The third kappa shape index (κ3) is 6.50. The van der Waals surface area contributed by atoms with Gasteiger partial charge in [0.2, 0.25) is 5.91 Å². The molecule has 0 saturated heterocycles. The maximum atomic E-state index is 13.1. The summed E-state index contributed by atoms with van der Waals surface area (Å²) in [4.78, 5) is 12.3. The van der Waals surface area contributed by atoms with Gasteiger partial charge in [-0.05, 0) is 74.1 Å². The first kappa shape index (κ1) is 24.2. The minimum absolute atomic E-state index is 0.114. The van der Waals surface area contributed by atoms with Crippen LogP contribution >= 0.6 is 12.2 Å². The van der Waals surface area contributed by atoms with Crippen LogP contribution in [0.2, 0.25) is 0 Å². The van der Waals surface area contributed by atoms with Crippen molar-refractivity contribution < 1.29 is 13.2 Å². The zero-order valence-corrected chi connectivity index (χ0v) is 20.0. The molecule has 170 valence electrons. The minimum atomic E-state index is -3.71. The molecular formula is C25H25N3O3S2. The van der Waals surface area contributed by atoms with Crippen LogP contribution in [0.3, 0.4) is 0 Å². The molecule has 0 aliphatic carbocycles. The SMILES string of the molecule is CCN(c1ccccc1)S(=O)(=O)c1ccc(NC(=S)NC(=O)C=Cc2ccc(C)cc2)cc1. The van der Waals surface area contributed by atoms with Crippen molar-refractivity contribution in [3.05, 3.63) is 96.1 Å². The highest BCUT2D eigenvalue weighted by molar-refractivity contribution is 7.92. The molecule has 0 aliphatic rings. The van der Waals surface area contributed by atoms with Crippen LogP contribution in [0.25, 0.3) is 6.08 Å². The number of sulfonamides is 1. The lowest BCUT2D eigenvalue weighted by Crippen LogP contribution is -2.33. The van der Waals surface area contributed by atoms with E-state index >= 15 is 0 Å². The van der Waals surface area contributed by atoms with Gasteiger partial charge in [-0.25, -0.2) is 8.42 Å². The molecule has 0 bridgehead atoms. The Kier molecular flexibility index (Phi) is 7.97. The predicted molar refractivity (Wildman–Crippen MR) is 138 cm³/mol. The smallest absolute Gasteiger partial charge is 0.264 e. The highest BCUT2D eigenvalue weighted by Crippen LogP contribution is 2.24. The van der Waals surface area contributed by atoms with E-state index < -0.39 is 10.0 Å². The van der Waals surface area contributed by atoms with Gasteiger partial charge >= 0.3 is 0 Å². The lowest BCUT2D eigenvalue weighted by molar-refractivity contribution is -0.115. The number of thiocarbonyl (C=S) groups is 1. The number of rotatable bonds is 7. The number of nitrogens with one attached hydrogen (secondary N) is 2. The van der Waals surface area contributed by atoms with Gasteiger partial charge in [0.1, 0.15) is 0 Å². The van der Waals surface area contributed by atoms with E-state index in [2.05, 4.69) is 10.6 Å². The van der Waals surface area contributed by atoms with Gasteiger partial charge in [0.25, 0.3) is 10.0 Å². The summed E-state index contributed by atoms with van der Waals surface area (Å²) in [6.07, 6.45) is 3.10. The predicted octanol–water partition coefficient (Wildman–Crippen LogP) is 4.74. The number of hydrogen-bond acceptors (Lipinski definition) is 4. The lowest BCUT2D eigenvalue weighted by Gasteiger charge is -2.23. The quantitative estimate of drug-likeness (QED) is 0.378. The molecule has 0 aliphatic heterocycles. The maximum absolute atomic E-state index is 13.1.